The summed E-state index contributed by atoms with van der Waals surface area (Å²) in [4.78, 5) is 2.64. The van der Waals surface area contributed by atoms with E-state index in [0.29, 0.717) is 5.54 Å². The van der Waals surface area contributed by atoms with Gasteiger partial charge in [0.2, 0.25) is 0 Å². The lowest BCUT2D eigenvalue weighted by atomic mass is 10.1. The van der Waals surface area contributed by atoms with E-state index in [-0.39, 0.29) is 0 Å². The van der Waals surface area contributed by atoms with Gasteiger partial charge >= 0.3 is 0 Å². The molecule has 2 aliphatic rings. The third-order valence-electron chi connectivity index (χ3n) is 3.34. The van der Waals surface area contributed by atoms with Crippen LogP contribution in [-0.4, -0.2) is 23.5 Å². The van der Waals surface area contributed by atoms with E-state index >= 15 is 0 Å². The van der Waals surface area contributed by atoms with Gasteiger partial charge in [-0.05, 0) is 52.0 Å². The van der Waals surface area contributed by atoms with Gasteiger partial charge in [0.1, 0.15) is 0 Å². The molecule has 0 aromatic heterocycles. The molecular weight excluding hydrogens is 134 g/mol. The summed E-state index contributed by atoms with van der Waals surface area (Å²) < 4.78 is 0. The molecule has 0 aromatic carbocycles. The van der Waals surface area contributed by atoms with E-state index < -0.39 is 0 Å². The fourth-order valence-electron chi connectivity index (χ4n) is 2.09. The van der Waals surface area contributed by atoms with E-state index in [4.69, 9.17) is 0 Å². The van der Waals surface area contributed by atoms with Crippen LogP contribution >= 0.6 is 0 Å². The molecule has 1 saturated carbocycles. The van der Waals surface area contributed by atoms with Crippen LogP contribution in [0.25, 0.3) is 0 Å². The van der Waals surface area contributed by atoms with Crippen LogP contribution in [0.2, 0.25) is 0 Å². The second kappa shape index (κ2) is 2.01. The molecule has 0 N–H and O–H groups in total. The Kier molecular flexibility index (Phi) is 1.39. The Bertz CT molecular complexity index is 162. The van der Waals surface area contributed by atoms with Crippen molar-refractivity contribution in [2.45, 2.75) is 45.6 Å². The van der Waals surface area contributed by atoms with Crippen molar-refractivity contribution in [3.8, 4) is 0 Å². The lowest BCUT2D eigenvalue weighted by molar-refractivity contribution is 0.166. The zero-order valence-electron chi connectivity index (χ0n) is 7.98. The largest absolute Gasteiger partial charge is 0.298 e. The molecule has 0 atom stereocenters. The van der Waals surface area contributed by atoms with Crippen molar-refractivity contribution < 1.29 is 0 Å². The minimum atomic E-state index is 0.409. The number of hydrogen-bond donors (Lipinski definition) is 0. The van der Waals surface area contributed by atoms with Gasteiger partial charge in [-0.2, -0.15) is 0 Å². The molecule has 2 fully saturated rings. The topological polar surface area (TPSA) is 3.24 Å². The summed E-state index contributed by atoms with van der Waals surface area (Å²) >= 11 is 0. The molecule has 1 heterocycles. The van der Waals surface area contributed by atoms with Gasteiger partial charge in [0.15, 0.2) is 0 Å². The highest BCUT2D eigenvalue weighted by atomic mass is 15.2. The van der Waals surface area contributed by atoms with Gasteiger partial charge in [0.05, 0.1) is 0 Å². The predicted molar refractivity (Wildman–Crippen MR) is 47.6 cm³/mol. The number of rotatable bonds is 0. The second-order valence-electron chi connectivity index (χ2n) is 5.34. The van der Waals surface area contributed by atoms with E-state index in [1.54, 1.807) is 0 Å². The Balaban J connectivity index is 1.99. The van der Waals surface area contributed by atoms with E-state index in [0.717, 1.165) is 5.41 Å². The lowest BCUT2D eigenvalue weighted by Gasteiger charge is -2.31. The molecule has 1 nitrogen and oxygen atoms in total. The first-order chi connectivity index (χ1) is 5.02. The highest BCUT2D eigenvalue weighted by molar-refractivity contribution is 5.02. The van der Waals surface area contributed by atoms with Crippen LogP contribution in [0.3, 0.4) is 0 Å². The summed E-state index contributed by atoms with van der Waals surface area (Å²) in [5, 5.41) is 0. The quantitative estimate of drug-likeness (QED) is 0.516. The van der Waals surface area contributed by atoms with Crippen molar-refractivity contribution in [1.29, 1.82) is 0 Å². The van der Waals surface area contributed by atoms with Crippen LogP contribution in [0, 0.1) is 5.41 Å². The van der Waals surface area contributed by atoms with E-state index in [2.05, 4.69) is 25.7 Å². The molecule has 0 bridgehead atoms. The molecule has 1 spiro atoms. The monoisotopic (exact) mass is 153 g/mol. The average molecular weight is 153 g/mol. The van der Waals surface area contributed by atoms with Gasteiger partial charge in [0.25, 0.3) is 0 Å². The molecule has 1 saturated heterocycles. The summed E-state index contributed by atoms with van der Waals surface area (Å²) in [6.45, 7) is 9.69. The number of hydrogen-bond acceptors (Lipinski definition) is 1. The van der Waals surface area contributed by atoms with Gasteiger partial charge in [-0.1, -0.05) is 0 Å². The highest BCUT2D eigenvalue weighted by Crippen LogP contribution is 2.53. The minimum Gasteiger partial charge on any atom is -0.298 e. The molecular formula is C10H19N. The third kappa shape index (κ3) is 1.31. The SMILES string of the molecule is CC(C)(C)N1CCC2(CC2)C1. The van der Waals surface area contributed by atoms with Gasteiger partial charge in [0, 0.05) is 12.1 Å². The molecule has 0 aromatic rings. The molecule has 1 aliphatic heterocycles. The Morgan fingerprint density at radius 2 is 1.73 bits per heavy atom. The van der Waals surface area contributed by atoms with Crippen molar-refractivity contribution in [2.75, 3.05) is 13.1 Å². The van der Waals surface area contributed by atoms with Crippen molar-refractivity contribution >= 4 is 0 Å². The Morgan fingerprint density at radius 3 is 2.00 bits per heavy atom. The van der Waals surface area contributed by atoms with E-state index in [9.17, 15) is 0 Å². The predicted octanol–water partition coefficient (Wildman–Crippen LogP) is 2.27. The number of nitrogens with zero attached hydrogens (tertiary/aromatic N) is 1. The van der Waals surface area contributed by atoms with Crippen LogP contribution in [0.4, 0.5) is 0 Å². The first kappa shape index (κ1) is 7.60. The van der Waals surface area contributed by atoms with Crippen LogP contribution in [-0.2, 0) is 0 Å². The van der Waals surface area contributed by atoms with Crippen molar-refractivity contribution in [3.63, 3.8) is 0 Å². The van der Waals surface area contributed by atoms with Gasteiger partial charge in [-0.3, -0.25) is 4.90 Å². The fraction of sp³-hybridized carbons (Fsp3) is 1.00. The molecule has 64 valence electrons. The van der Waals surface area contributed by atoms with Crippen molar-refractivity contribution in [3.05, 3.63) is 0 Å². The molecule has 2 rings (SSSR count). The zero-order chi connectivity index (χ0) is 8.11. The van der Waals surface area contributed by atoms with Gasteiger partial charge < -0.3 is 0 Å². The fourth-order valence-corrected chi connectivity index (χ4v) is 2.09. The van der Waals surface area contributed by atoms with Crippen LogP contribution in [0.5, 0.6) is 0 Å². The summed E-state index contributed by atoms with van der Waals surface area (Å²) in [7, 11) is 0. The van der Waals surface area contributed by atoms with E-state index in [1.807, 2.05) is 0 Å². The number of likely N-dealkylation sites (tertiary alicyclic amines) is 1. The first-order valence-electron chi connectivity index (χ1n) is 4.77. The maximum absolute atomic E-state index is 2.64. The normalized spacial score (nSPS) is 29.7. The molecule has 1 heteroatoms. The third-order valence-corrected chi connectivity index (χ3v) is 3.34. The molecule has 0 radical (unpaired) electrons. The minimum absolute atomic E-state index is 0.409. The van der Waals surface area contributed by atoms with Gasteiger partial charge in [-0.25, -0.2) is 0 Å². The Labute approximate surface area is 69.8 Å². The summed E-state index contributed by atoms with van der Waals surface area (Å²) in [5.74, 6) is 0. The van der Waals surface area contributed by atoms with Crippen LogP contribution in [0.1, 0.15) is 40.0 Å². The van der Waals surface area contributed by atoms with Crippen LogP contribution < -0.4 is 0 Å². The lowest BCUT2D eigenvalue weighted by Crippen LogP contribution is -2.39. The maximum atomic E-state index is 2.64. The smallest absolute Gasteiger partial charge is 0.0125 e. The molecule has 0 unspecified atom stereocenters. The zero-order valence-corrected chi connectivity index (χ0v) is 7.98. The average Bonchev–Trinajstić information content (AvgIpc) is 2.38. The molecule has 1 aliphatic carbocycles. The van der Waals surface area contributed by atoms with Gasteiger partial charge in [-0.15, -0.1) is 0 Å². The van der Waals surface area contributed by atoms with Crippen molar-refractivity contribution in [1.82, 2.24) is 4.90 Å². The highest BCUT2D eigenvalue weighted by Gasteiger charge is 2.49. The Hall–Kier alpha value is -0.0400. The van der Waals surface area contributed by atoms with Crippen molar-refractivity contribution in [2.24, 2.45) is 5.41 Å². The Morgan fingerprint density at radius 1 is 1.09 bits per heavy atom. The maximum Gasteiger partial charge on any atom is 0.0125 e. The molecule has 0 amide bonds. The van der Waals surface area contributed by atoms with E-state index in [1.165, 1.54) is 32.4 Å². The van der Waals surface area contributed by atoms with Crippen LogP contribution in [0.15, 0.2) is 0 Å². The summed E-state index contributed by atoms with van der Waals surface area (Å²) in [5.41, 5.74) is 1.21. The first-order valence-corrected chi connectivity index (χ1v) is 4.77. The standard InChI is InChI=1S/C10H19N/c1-9(2,3)11-7-6-10(8-11)4-5-10/h4-8H2,1-3H3. The molecule has 11 heavy (non-hydrogen) atoms. The summed E-state index contributed by atoms with van der Waals surface area (Å²) in [6.07, 6.45) is 4.46. The second-order valence-corrected chi connectivity index (χ2v) is 5.34. The summed E-state index contributed by atoms with van der Waals surface area (Å²) in [6, 6.07) is 0.